The molecule has 54 heavy (non-hydrogen) atoms. The quantitative estimate of drug-likeness (QED) is 0.132. The minimum Gasteiger partial charge on any atom is -0.460 e. The summed E-state index contributed by atoms with van der Waals surface area (Å²) in [5.41, 5.74) is 16.2. The topological polar surface area (TPSA) is 16.4 Å². The molecule has 266 valence electrons. The lowest BCUT2D eigenvalue weighted by molar-refractivity contribution is 0.440. The van der Waals surface area contributed by atoms with Crippen LogP contribution in [0.4, 0.5) is 5.69 Å². The number of benzene rings is 5. The van der Waals surface area contributed by atoms with Gasteiger partial charge in [0.2, 0.25) is 0 Å². The molecule has 3 aliphatic carbocycles. The standard InChI is InChI=1S/C52H47NO/c1-3-5-14-33-52(4-2)48-25-13-12-24-44(48)45-35-47-46-34-43(23-16-26-50(46)54-51(47)36-49(45)52)53(42-31-28-40(29-32-42)38-19-10-7-11-20-38)41-22-15-21-39(27-30-41)37-17-8-6-9-18-37/h6-13,15-21,23-25,27-32,34-36H,3-5,14,22,26,33H2,1-2H3. The zero-order valence-corrected chi connectivity index (χ0v) is 31.4. The first-order valence-electron chi connectivity index (χ1n) is 19.8. The van der Waals surface area contributed by atoms with Crippen LogP contribution in [0.15, 0.2) is 174 Å². The lowest BCUT2D eigenvalue weighted by Crippen LogP contribution is -2.24. The molecule has 2 heteroatoms. The molecule has 0 radical (unpaired) electrons. The van der Waals surface area contributed by atoms with E-state index in [1.165, 1.54) is 86.8 Å². The second-order valence-electron chi connectivity index (χ2n) is 14.9. The van der Waals surface area contributed by atoms with Crippen LogP contribution in [0.5, 0.6) is 0 Å². The summed E-state index contributed by atoms with van der Waals surface area (Å²) in [5.74, 6) is 1.03. The molecule has 0 bridgehead atoms. The van der Waals surface area contributed by atoms with E-state index in [2.05, 4.69) is 183 Å². The molecule has 0 fully saturated rings. The fraction of sp³-hybridized carbons (Fsp3) is 0.192. The molecule has 0 saturated heterocycles. The first kappa shape index (κ1) is 33.9. The van der Waals surface area contributed by atoms with Crippen molar-refractivity contribution in [3.63, 3.8) is 0 Å². The molecule has 0 N–H and O–H groups in total. The summed E-state index contributed by atoms with van der Waals surface area (Å²) in [6.07, 6.45) is 23.6. The SMILES string of the molecule is CCCCCC1(CC)c2ccccc2-c2cc3c4c(oc3cc21)CC=CC(N(C1=CC=C(c2ccccc2)C=CC1)c1ccc(-c2ccccc2)cc1)=C4. The molecule has 9 rings (SSSR count). The summed E-state index contributed by atoms with van der Waals surface area (Å²) in [4.78, 5) is 2.44. The van der Waals surface area contributed by atoms with Crippen LogP contribution >= 0.6 is 0 Å². The van der Waals surface area contributed by atoms with Gasteiger partial charge in [-0.25, -0.2) is 0 Å². The van der Waals surface area contributed by atoms with E-state index in [0.29, 0.717) is 0 Å². The first-order valence-corrected chi connectivity index (χ1v) is 19.8. The summed E-state index contributed by atoms with van der Waals surface area (Å²) in [7, 11) is 0. The Morgan fingerprint density at radius 3 is 2.15 bits per heavy atom. The predicted molar refractivity (Wildman–Crippen MR) is 228 cm³/mol. The van der Waals surface area contributed by atoms with Crippen molar-refractivity contribution in [2.45, 2.75) is 64.2 Å². The van der Waals surface area contributed by atoms with Crippen LogP contribution < -0.4 is 4.90 Å². The van der Waals surface area contributed by atoms with E-state index in [1.54, 1.807) is 0 Å². The third-order valence-electron chi connectivity index (χ3n) is 11.9. The summed E-state index contributed by atoms with van der Waals surface area (Å²) >= 11 is 0. The fourth-order valence-corrected chi connectivity index (χ4v) is 9.07. The Hall–Kier alpha value is -5.86. The molecular weight excluding hydrogens is 655 g/mol. The highest BCUT2D eigenvalue weighted by Crippen LogP contribution is 2.55. The molecule has 0 aliphatic heterocycles. The molecular formula is C52H47NO. The van der Waals surface area contributed by atoms with Gasteiger partial charge in [-0.1, -0.05) is 154 Å². The van der Waals surface area contributed by atoms with Crippen molar-refractivity contribution in [1.29, 1.82) is 0 Å². The maximum atomic E-state index is 6.84. The number of furan rings is 1. The molecule has 0 spiro atoms. The number of rotatable bonds is 10. The Labute approximate surface area is 320 Å². The van der Waals surface area contributed by atoms with Crippen LogP contribution in [0.3, 0.4) is 0 Å². The van der Waals surface area contributed by atoms with E-state index >= 15 is 0 Å². The average molecular weight is 702 g/mol. The van der Waals surface area contributed by atoms with Crippen LogP contribution in [0.2, 0.25) is 0 Å². The fourth-order valence-electron chi connectivity index (χ4n) is 9.07. The van der Waals surface area contributed by atoms with Gasteiger partial charge in [0.1, 0.15) is 11.3 Å². The summed E-state index contributed by atoms with van der Waals surface area (Å²) < 4.78 is 6.84. The van der Waals surface area contributed by atoms with Crippen molar-refractivity contribution in [1.82, 2.24) is 0 Å². The average Bonchev–Trinajstić information content (AvgIpc) is 3.43. The maximum Gasteiger partial charge on any atom is 0.135 e. The van der Waals surface area contributed by atoms with E-state index in [-0.39, 0.29) is 5.41 Å². The van der Waals surface area contributed by atoms with Gasteiger partial charge in [-0.3, -0.25) is 0 Å². The van der Waals surface area contributed by atoms with E-state index in [4.69, 9.17) is 4.42 Å². The van der Waals surface area contributed by atoms with Crippen LogP contribution in [-0.2, 0) is 11.8 Å². The number of allylic oxidation sites excluding steroid dienone is 7. The van der Waals surface area contributed by atoms with Crippen molar-refractivity contribution < 1.29 is 4.42 Å². The van der Waals surface area contributed by atoms with Crippen LogP contribution in [-0.4, -0.2) is 0 Å². The van der Waals surface area contributed by atoms with Crippen molar-refractivity contribution in [3.05, 3.63) is 197 Å². The van der Waals surface area contributed by atoms with Crippen molar-refractivity contribution >= 4 is 28.3 Å². The highest BCUT2D eigenvalue weighted by molar-refractivity contribution is 5.97. The van der Waals surface area contributed by atoms with Gasteiger partial charge in [-0.2, -0.15) is 0 Å². The monoisotopic (exact) mass is 701 g/mol. The molecule has 1 aromatic heterocycles. The number of hydrogen-bond donors (Lipinski definition) is 0. The number of unbranched alkanes of at least 4 members (excludes halogenated alkanes) is 2. The second-order valence-corrected chi connectivity index (χ2v) is 14.9. The lowest BCUT2D eigenvalue weighted by atomic mass is 9.72. The van der Waals surface area contributed by atoms with Crippen molar-refractivity contribution in [3.8, 4) is 22.3 Å². The van der Waals surface area contributed by atoms with E-state index in [9.17, 15) is 0 Å². The minimum absolute atomic E-state index is 0.0225. The summed E-state index contributed by atoms with van der Waals surface area (Å²) in [5, 5.41) is 1.19. The van der Waals surface area contributed by atoms with Crippen molar-refractivity contribution in [2.24, 2.45) is 0 Å². The van der Waals surface area contributed by atoms with Gasteiger partial charge in [0.25, 0.3) is 0 Å². The van der Waals surface area contributed by atoms with Gasteiger partial charge < -0.3 is 9.32 Å². The molecule has 1 heterocycles. The van der Waals surface area contributed by atoms with Gasteiger partial charge >= 0.3 is 0 Å². The van der Waals surface area contributed by atoms with Crippen LogP contribution in [0.1, 0.15) is 80.4 Å². The predicted octanol–water partition coefficient (Wildman–Crippen LogP) is 14.2. The third-order valence-corrected chi connectivity index (χ3v) is 11.9. The zero-order valence-electron chi connectivity index (χ0n) is 31.4. The second kappa shape index (κ2) is 14.5. The highest BCUT2D eigenvalue weighted by atomic mass is 16.3. The van der Waals surface area contributed by atoms with Crippen molar-refractivity contribution in [2.75, 3.05) is 4.90 Å². The van der Waals surface area contributed by atoms with E-state index in [1.807, 2.05) is 0 Å². The molecule has 0 amide bonds. The Balaban J connectivity index is 1.18. The number of fused-ring (bicyclic) bond motifs is 6. The summed E-state index contributed by atoms with van der Waals surface area (Å²) in [6, 6.07) is 44.3. The molecule has 1 atom stereocenters. The van der Waals surface area contributed by atoms with E-state index in [0.717, 1.165) is 42.0 Å². The largest absolute Gasteiger partial charge is 0.460 e. The van der Waals surface area contributed by atoms with E-state index < -0.39 is 0 Å². The molecule has 6 aromatic rings. The van der Waals surface area contributed by atoms with Gasteiger partial charge in [-0.15, -0.1) is 0 Å². The molecule has 0 saturated carbocycles. The normalized spacial score (nSPS) is 17.2. The molecule has 3 aliphatic rings. The van der Waals surface area contributed by atoms with Gasteiger partial charge in [-0.05, 0) is 99.9 Å². The first-order chi connectivity index (χ1) is 26.7. The van der Waals surface area contributed by atoms with Gasteiger partial charge in [0, 0.05) is 46.3 Å². The smallest absolute Gasteiger partial charge is 0.135 e. The Morgan fingerprint density at radius 2 is 1.37 bits per heavy atom. The number of nitrogens with zero attached hydrogens (tertiary/aromatic N) is 1. The minimum atomic E-state index is 0.0225. The van der Waals surface area contributed by atoms with Gasteiger partial charge in [0.15, 0.2) is 0 Å². The summed E-state index contributed by atoms with van der Waals surface area (Å²) in [6.45, 7) is 4.67. The molecule has 1 unspecified atom stereocenters. The van der Waals surface area contributed by atoms with Crippen LogP contribution in [0.25, 0.3) is 44.9 Å². The Bertz CT molecular complexity index is 2470. The Morgan fingerprint density at radius 1 is 0.648 bits per heavy atom. The number of hydrogen-bond acceptors (Lipinski definition) is 2. The third kappa shape index (κ3) is 6.00. The van der Waals surface area contributed by atoms with Crippen LogP contribution in [0, 0.1) is 0 Å². The number of anilines is 1. The maximum absolute atomic E-state index is 6.84. The Kier molecular flexibility index (Phi) is 9.13. The highest BCUT2D eigenvalue weighted by Gasteiger charge is 2.42. The lowest BCUT2D eigenvalue weighted by Gasteiger charge is -2.31. The zero-order chi connectivity index (χ0) is 36.5. The van der Waals surface area contributed by atoms with Gasteiger partial charge in [0.05, 0.1) is 0 Å². The molecule has 2 nitrogen and oxygen atoms in total. The molecule has 5 aromatic carbocycles.